The first-order valence-electron chi connectivity index (χ1n) is 12.1. The van der Waals surface area contributed by atoms with Crippen LogP contribution in [-0.4, -0.2) is 45.3 Å². The number of rotatable bonds is 6. The van der Waals surface area contributed by atoms with Crippen molar-refractivity contribution in [2.24, 2.45) is 5.92 Å². The van der Waals surface area contributed by atoms with Crippen LogP contribution in [0.3, 0.4) is 0 Å². The summed E-state index contributed by atoms with van der Waals surface area (Å²) in [5.74, 6) is 2.44. The Kier molecular flexibility index (Phi) is 6.19. The molecule has 2 N–H and O–H groups in total. The third kappa shape index (κ3) is 4.73. The molecule has 8 heteroatoms. The third-order valence-corrected chi connectivity index (χ3v) is 6.49. The van der Waals surface area contributed by atoms with Crippen LogP contribution < -0.4 is 10.5 Å². The molecular formula is C27H31N5O3. The number of nitrogens with two attached hydrogens (primary N) is 1. The number of likely N-dealkylation sites (tertiary alicyclic amines) is 1. The predicted molar refractivity (Wildman–Crippen MR) is 136 cm³/mol. The van der Waals surface area contributed by atoms with Gasteiger partial charge in [0.25, 0.3) is 0 Å². The zero-order chi connectivity index (χ0) is 24.5. The van der Waals surface area contributed by atoms with Gasteiger partial charge < -0.3 is 19.8 Å². The summed E-state index contributed by atoms with van der Waals surface area (Å²) in [6, 6.07) is 10.2. The van der Waals surface area contributed by atoms with Gasteiger partial charge in [-0.1, -0.05) is 26.0 Å². The second kappa shape index (κ2) is 9.44. The van der Waals surface area contributed by atoms with Crippen molar-refractivity contribution in [3.05, 3.63) is 48.9 Å². The fourth-order valence-corrected chi connectivity index (χ4v) is 4.54. The van der Waals surface area contributed by atoms with E-state index >= 15 is 0 Å². The van der Waals surface area contributed by atoms with E-state index in [1.807, 2.05) is 52.3 Å². The lowest BCUT2D eigenvalue weighted by Gasteiger charge is -2.31. The highest BCUT2D eigenvalue weighted by Gasteiger charge is 2.23. The first-order valence-corrected chi connectivity index (χ1v) is 12.1. The van der Waals surface area contributed by atoms with Crippen LogP contribution in [0.25, 0.3) is 33.4 Å². The van der Waals surface area contributed by atoms with E-state index in [4.69, 9.17) is 14.9 Å². The van der Waals surface area contributed by atoms with Crippen molar-refractivity contribution in [3.63, 3.8) is 0 Å². The van der Waals surface area contributed by atoms with E-state index in [1.165, 1.54) is 0 Å². The van der Waals surface area contributed by atoms with Crippen LogP contribution in [0, 0.1) is 5.92 Å². The smallest absolute Gasteiger partial charge is 0.219 e. The maximum Gasteiger partial charge on any atom is 0.219 e. The molecule has 1 saturated heterocycles. The fraction of sp³-hybridized carbons (Fsp3) is 0.370. The molecule has 1 fully saturated rings. The molecule has 1 amide bonds. The van der Waals surface area contributed by atoms with Crippen LogP contribution in [-0.2, 0) is 4.79 Å². The Balaban J connectivity index is 1.44. The number of piperidine rings is 1. The lowest BCUT2D eigenvalue weighted by molar-refractivity contribution is -0.130. The number of hydrogen-bond donors (Lipinski definition) is 1. The number of carbonyl (C=O) groups is 1. The largest absolute Gasteiger partial charge is 0.493 e. The number of nitrogen functional groups attached to an aromatic ring is 1. The maximum atomic E-state index is 11.6. The first-order chi connectivity index (χ1) is 16.9. The minimum Gasteiger partial charge on any atom is -0.493 e. The summed E-state index contributed by atoms with van der Waals surface area (Å²) in [6.07, 6.45) is 7.46. The number of furan rings is 1. The third-order valence-electron chi connectivity index (χ3n) is 6.49. The summed E-state index contributed by atoms with van der Waals surface area (Å²) in [6.45, 7) is 8.04. The first kappa shape index (κ1) is 23.0. The zero-order valence-electron chi connectivity index (χ0n) is 20.4. The average molecular weight is 474 g/mol. The molecule has 182 valence electrons. The summed E-state index contributed by atoms with van der Waals surface area (Å²) < 4.78 is 14.1. The molecule has 4 heterocycles. The van der Waals surface area contributed by atoms with Gasteiger partial charge in [0.1, 0.15) is 11.5 Å². The molecule has 3 aromatic heterocycles. The van der Waals surface area contributed by atoms with E-state index in [2.05, 4.69) is 23.9 Å². The molecule has 0 bridgehead atoms. The second-order valence-electron chi connectivity index (χ2n) is 9.59. The summed E-state index contributed by atoms with van der Waals surface area (Å²) in [4.78, 5) is 17.9. The van der Waals surface area contributed by atoms with Crippen LogP contribution in [0.5, 0.6) is 5.75 Å². The predicted octanol–water partition coefficient (Wildman–Crippen LogP) is 5.16. The molecule has 0 saturated carbocycles. The van der Waals surface area contributed by atoms with Gasteiger partial charge in [-0.3, -0.25) is 9.48 Å². The molecule has 8 nitrogen and oxygen atoms in total. The standard InChI is InChI=1S/C27H31N5O3/c1-17(2)16-34-22-6-4-5-19(11-22)25-12-23-24(14-29-27(28)26(23)35-25)20-13-30-32(15-20)21-7-9-31(10-8-21)18(3)33/h4-6,11-15,17,21H,7-10,16H2,1-3H3,(H2,28,29). The van der Waals surface area contributed by atoms with Crippen molar-refractivity contribution in [3.8, 4) is 28.2 Å². The van der Waals surface area contributed by atoms with Crippen LogP contribution in [0.2, 0.25) is 0 Å². The Labute approximate surface area is 204 Å². The highest BCUT2D eigenvalue weighted by molar-refractivity contribution is 6.00. The molecule has 0 unspecified atom stereocenters. The topological polar surface area (TPSA) is 99.4 Å². The summed E-state index contributed by atoms with van der Waals surface area (Å²) in [5.41, 5.74) is 9.54. The molecule has 0 radical (unpaired) electrons. The number of anilines is 1. The summed E-state index contributed by atoms with van der Waals surface area (Å²) in [5, 5.41) is 5.53. The Morgan fingerprint density at radius 3 is 2.74 bits per heavy atom. The Bertz CT molecular complexity index is 1350. The number of nitrogens with zero attached hydrogens (tertiary/aromatic N) is 4. The molecular weight excluding hydrogens is 442 g/mol. The van der Waals surface area contributed by atoms with Gasteiger partial charge in [-0.25, -0.2) is 4.98 Å². The lowest BCUT2D eigenvalue weighted by Crippen LogP contribution is -2.37. The van der Waals surface area contributed by atoms with Gasteiger partial charge in [-0.2, -0.15) is 5.10 Å². The molecule has 0 aliphatic carbocycles. The van der Waals surface area contributed by atoms with Gasteiger partial charge in [0.05, 0.1) is 18.8 Å². The minimum atomic E-state index is 0.132. The number of ether oxygens (including phenoxy) is 1. The highest BCUT2D eigenvalue weighted by Crippen LogP contribution is 2.37. The number of fused-ring (bicyclic) bond motifs is 1. The summed E-state index contributed by atoms with van der Waals surface area (Å²) >= 11 is 0. The molecule has 4 aromatic rings. The van der Waals surface area contributed by atoms with E-state index in [1.54, 1.807) is 13.1 Å². The van der Waals surface area contributed by atoms with Crippen molar-refractivity contribution in [1.82, 2.24) is 19.7 Å². The van der Waals surface area contributed by atoms with Crippen molar-refractivity contribution < 1.29 is 13.9 Å². The normalized spacial score (nSPS) is 14.7. The van der Waals surface area contributed by atoms with Gasteiger partial charge >= 0.3 is 0 Å². The maximum absolute atomic E-state index is 11.6. The van der Waals surface area contributed by atoms with E-state index in [9.17, 15) is 4.79 Å². The van der Waals surface area contributed by atoms with Crippen LogP contribution in [0.15, 0.2) is 53.3 Å². The Morgan fingerprint density at radius 2 is 2.00 bits per heavy atom. The lowest BCUT2D eigenvalue weighted by atomic mass is 10.0. The number of aromatic nitrogens is 3. The minimum absolute atomic E-state index is 0.132. The van der Waals surface area contributed by atoms with Crippen molar-refractivity contribution >= 4 is 22.7 Å². The average Bonchev–Trinajstić information content (AvgIpc) is 3.52. The molecule has 0 atom stereocenters. The number of hydrogen-bond acceptors (Lipinski definition) is 6. The van der Waals surface area contributed by atoms with E-state index in [0.29, 0.717) is 29.7 Å². The van der Waals surface area contributed by atoms with Crippen LogP contribution >= 0.6 is 0 Å². The second-order valence-corrected chi connectivity index (χ2v) is 9.59. The molecule has 35 heavy (non-hydrogen) atoms. The van der Waals surface area contributed by atoms with Crippen molar-refractivity contribution in [1.29, 1.82) is 0 Å². The molecule has 5 rings (SSSR count). The van der Waals surface area contributed by atoms with Crippen molar-refractivity contribution in [2.45, 2.75) is 39.7 Å². The SMILES string of the molecule is CC(=O)N1CCC(n2cc(-c3cnc(N)c4oc(-c5cccc(OCC(C)C)c5)cc34)cn2)CC1. The monoisotopic (exact) mass is 473 g/mol. The van der Waals surface area contributed by atoms with Gasteiger partial charge in [0.2, 0.25) is 5.91 Å². The summed E-state index contributed by atoms with van der Waals surface area (Å²) in [7, 11) is 0. The number of amides is 1. The number of carbonyl (C=O) groups excluding carboxylic acids is 1. The fourth-order valence-electron chi connectivity index (χ4n) is 4.54. The van der Waals surface area contributed by atoms with E-state index in [0.717, 1.165) is 53.8 Å². The van der Waals surface area contributed by atoms with Gasteiger partial charge in [0.15, 0.2) is 11.4 Å². The Hall–Kier alpha value is -3.81. The van der Waals surface area contributed by atoms with Crippen LogP contribution in [0.1, 0.15) is 39.7 Å². The van der Waals surface area contributed by atoms with Gasteiger partial charge in [-0.15, -0.1) is 0 Å². The zero-order valence-corrected chi connectivity index (χ0v) is 20.4. The Morgan fingerprint density at radius 1 is 1.20 bits per heavy atom. The number of pyridine rings is 1. The van der Waals surface area contributed by atoms with Gasteiger partial charge in [0, 0.05) is 54.5 Å². The molecule has 1 aliphatic rings. The molecule has 1 aromatic carbocycles. The van der Waals surface area contributed by atoms with Crippen molar-refractivity contribution in [2.75, 3.05) is 25.4 Å². The van der Waals surface area contributed by atoms with E-state index in [-0.39, 0.29) is 11.9 Å². The quantitative estimate of drug-likeness (QED) is 0.415. The van der Waals surface area contributed by atoms with Gasteiger partial charge in [-0.05, 0) is 37.0 Å². The molecule has 1 aliphatic heterocycles. The number of benzene rings is 1. The van der Waals surface area contributed by atoms with Crippen LogP contribution in [0.4, 0.5) is 5.82 Å². The highest BCUT2D eigenvalue weighted by atomic mass is 16.5. The molecule has 0 spiro atoms. The van der Waals surface area contributed by atoms with E-state index < -0.39 is 0 Å².